The van der Waals surface area contributed by atoms with Gasteiger partial charge in [-0.25, -0.2) is 0 Å². The maximum Gasteiger partial charge on any atom is 0.275 e. The van der Waals surface area contributed by atoms with E-state index in [0.29, 0.717) is 18.4 Å². The highest BCUT2D eigenvalue weighted by atomic mass is 16.6. The average Bonchev–Trinajstić information content (AvgIpc) is 2.18. The molecule has 72 valence electrons. The van der Waals surface area contributed by atoms with Crippen LogP contribution in [0, 0.1) is 10.1 Å². The first-order valence-electron chi connectivity index (χ1n) is 4.46. The molecule has 1 aromatic rings. The predicted molar refractivity (Wildman–Crippen MR) is 49.9 cm³/mol. The lowest BCUT2D eigenvalue weighted by atomic mass is 9.87. The molecule has 0 fully saturated rings. The molecule has 4 nitrogen and oxygen atoms in total. The third-order valence-corrected chi connectivity index (χ3v) is 2.53. The summed E-state index contributed by atoms with van der Waals surface area (Å²) in [5.41, 5.74) is 1.44. The largest absolute Gasteiger partial charge is 0.286 e. The molecule has 0 bridgehead atoms. The number of hydrogen-bond acceptors (Lipinski definition) is 3. The van der Waals surface area contributed by atoms with Crippen molar-refractivity contribution in [1.29, 1.82) is 0 Å². The molecule has 0 aromatic heterocycles. The van der Waals surface area contributed by atoms with E-state index in [2.05, 4.69) is 0 Å². The fourth-order valence-corrected chi connectivity index (χ4v) is 1.78. The maximum atomic E-state index is 11.6. The third-order valence-electron chi connectivity index (χ3n) is 2.53. The van der Waals surface area contributed by atoms with Gasteiger partial charge in [-0.15, -0.1) is 0 Å². The molecule has 4 heteroatoms. The Morgan fingerprint density at radius 3 is 2.79 bits per heavy atom. The van der Waals surface area contributed by atoms with Gasteiger partial charge in [0.25, 0.3) is 6.04 Å². The quantitative estimate of drug-likeness (QED) is 0.498. The van der Waals surface area contributed by atoms with Crippen molar-refractivity contribution >= 4 is 5.78 Å². The SMILES string of the molecule is O=C1c2ccccc2CCC1[N+](=O)[O-]. The zero-order valence-electron chi connectivity index (χ0n) is 7.47. The Morgan fingerprint density at radius 1 is 1.36 bits per heavy atom. The van der Waals surface area contributed by atoms with Crippen LogP contribution in [0.15, 0.2) is 24.3 Å². The van der Waals surface area contributed by atoms with Gasteiger partial charge in [-0.05, 0) is 12.0 Å². The van der Waals surface area contributed by atoms with Crippen LogP contribution in [0.5, 0.6) is 0 Å². The molecule has 2 rings (SSSR count). The normalized spacial score (nSPS) is 20.3. The van der Waals surface area contributed by atoms with Crippen LogP contribution in [0.1, 0.15) is 22.3 Å². The van der Waals surface area contributed by atoms with Crippen molar-refractivity contribution in [2.75, 3.05) is 0 Å². The van der Waals surface area contributed by atoms with Crippen LogP contribution < -0.4 is 0 Å². The zero-order chi connectivity index (χ0) is 10.1. The van der Waals surface area contributed by atoms with Gasteiger partial charge in [0.2, 0.25) is 5.78 Å². The number of hydrogen-bond donors (Lipinski definition) is 0. The van der Waals surface area contributed by atoms with Crippen molar-refractivity contribution in [1.82, 2.24) is 0 Å². The summed E-state index contributed by atoms with van der Waals surface area (Å²) < 4.78 is 0. The molecule has 0 radical (unpaired) electrons. The van der Waals surface area contributed by atoms with Gasteiger partial charge in [-0.3, -0.25) is 14.9 Å². The molecule has 1 atom stereocenters. The molecule has 14 heavy (non-hydrogen) atoms. The van der Waals surface area contributed by atoms with E-state index in [1.807, 2.05) is 12.1 Å². The Bertz CT molecular complexity index is 400. The number of benzene rings is 1. The number of nitrogens with zero attached hydrogens (tertiary/aromatic N) is 1. The summed E-state index contributed by atoms with van der Waals surface area (Å²) in [4.78, 5) is 21.7. The molecule has 1 aliphatic carbocycles. The summed E-state index contributed by atoms with van der Waals surface area (Å²) in [7, 11) is 0. The van der Waals surface area contributed by atoms with Crippen LogP contribution >= 0.6 is 0 Å². The number of fused-ring (bicyclic) bond motifs is 1. The highest BCUT2D eigenvalue weighted by Crippen LogP contribution is 2.22. The Morgan fingerprint density at radius 2 is 2.07 bits per heavy atom. The molecule has 0 saturated carbocycles. The van der Waals surface area contributed by atoms with Crippen molar-refractivity contribution in [3.8, 4) is 0 Å². The average molecular weight is 191 g/mol. The van der Waals surface area contributed by atoms with Crippen LogP contribution in [-0.4, -0.2) is 16.7 Å². The minimum Gasteiger partial charge on any atom is -0.286 e. The van der Waals surface area contributed by atoms with Gasteiger partial charge >= 0.3 is 0 Å². The first-order valence-corrected chi connectivity index (χ1v) is 4.46. The number of Topliss-reactive ketones (excluding diaryl/α,β-unsaturated/α-hetero) is 1. The van der Waals surface area contributed by atoms with Crippen molar-refractivity contribution in [2.45, 2.75) is 18.9 Å². The third kappa shape index (κ3) is 1.28. The summed E-state index contributed by atoms with van der Waals surface area (Å²) in [6.45, 7) is 0. The summed E-state index contributed by atoms with van der Waals surface area (Å²) in [6.07, 6.45) is 0.941. The predicted octanol–water partition coefficient (Wildman–Crippen LogP) is 1.46. The molecule has 0 heterocycles. The van der Waals surface area contributed by atoms with Gasteiger partial charge in [0.05, 0.1) is 0 Å². The second-order valence-electron chi connectivity index (χ2n) is 3.36. The van der Waals surface area contributed by atoms with Crippen molar-refractivity contribution < 1.29 is 9.72 Å². The fourth-order valence-electron chi connectivity index (χ4n) is 1.78. The number of aryl methyl sites for hydroxylation is 1. The maximum absolute atomic E-state index is 11.6. The Kier molecular flexibility index (Phi) is 2.04. The van der Waals surface area contributed by atoms with Crippen LogP contribution in [0.25, 0.3) is 0 Å². The van der Waals surface area contributed by atoms with Gasteiger partial charge in [0, 0.05) is 16.9 Å². The van der Waals surface area contributed by atoms with Gasteiger partial charge in [-0.1, -0.05) is 24.3 Å². The summed E-state index contributed by atoms with van der Waals surface area (Å²) in [5.74, 6) is -0.350. The summed E-state index contributed by atoms with van der Waals surface area (Å²) in [6, 6.07) is 6.05. The lowest BCUT2D eigenvalue weighted by Gasteiger charge is -2.16. The van der Waals surface area contributed by atoms with E-state index in [-0.39, 0.29) is 5.78 Å². The van der Waals surface area contributed by atoms with Crippen molar-refractivity contribution in [2.24, 2.45) is 0 Å². The molecule has 0 aliphatic heterocycles. The van der Waals surface area contributed by atoms with E-state index >= 15 is 0 Å². The molecule has 1 unspecified atom stereocenters. The van der Waals surface area contributed by atoms with Crippen LogP contribution in [0.4, 0.5) is 0 Å². The molecule has 0 N–H and O–H groups in total. The van der Waals surface area contributed by atoms with E-state index in [4.69, 9.17) is 0 Å². The topological polar surface area (TPSA) is 60.2 Å². The highest BCUT2D eigenvalue weighted by molar-refractivity contribution is 6.01. The van der Waals surface area contributed by atoms with Crippen LogP contribution in [-0.2, 0) is 6.42 Å². The zero-order valence-corrected chi connectivity index (χ0v) is 7.47. The Hall–Kier alpha value is -1.71. The molecule has 1 aliphatic rings. The summed E-state index contributed by atoms with van der Waals surface area (Å²) >= 11 is 0. The molecular formula is C10H9NO3. The van der Waals surface area contributed by atoms with E-state index in [1.165, 1.54) is 0 Å². The lowest BCUT2D eigenvalue weighted by Crippen LogP contribution is -2.34. The molecule has 0 spiro atoms. The van der Waals surface area contributed by atoms with Gasteiger partial charge < -0.3 is 0 Å². The molecular weight excluding hydrogens is 182 g/mol. The van der Waals surface area contributed by atoms with Crippen molar-refractivity contribution in [3.05, 3.63) is 45.5 Å². The van der Waals surface area contributed by atoms with Crippen LogP contribution in [0.2, 0.25) is 0 Å². The minimum absolute atomic E-state index is 0.322. The van der Waals surface area contributed by atoms with Gasteiger partial charge in [0.1, 0.15) is 0 Å². The number of carbonyl (C=O) groups excluding carboxylic acids is 1. The first-order chi connectivity index (χ1) is 6.70. The summed E-state index contributed by atoms with van der Waals surface area (Å²) in [5, 5.41) is 10.6. The molecule has 1 aromatic carbocycles. The fraction of sp³-hybridized carbons (Fsp3) is 0.300. The monoisotopic (exact) mass is 191 g/mol. The smallest absolute Gasteiger partial charge is 0.275 e. The Labute approximate surface area is 80.7 Å². The number of ketones is 1. The van der Waals surface area contributed by atoms with Gasteiger partial charge in [0.15, 0.2) is 0 Å². The van der Waals surface area contributed by atoms with E-state index in [0.717, 1.165) is 5.56 Å². The van der Waals surface area contributed by atoms with Gasteiger partial charge in [-0.2, -0.15) is 0 Å². The van der Waals surface area contributed by atoms with E-state index in [1.54, 1.807) is 12.1 Å². The Balaban J connectivity index is 2.41. The van der Waals surface area contributed by atoms with E-state index in [9.17, 15) is 14.9 Å². The minimum atomic E-state index is -1.04. The standard InChI is InChI=1S/C10H9NO3/c12-10-8-4-2-1-3-7(8)5-6-9(10)11(13)14/h1-4,9H,5-6H2. The molecule has 0 saturated heterocycles. The highest BCUT2D eigenvalue weighted by Gasteiger charge is 2.35. The first kappa shape index (κ1) is 8.87. The second kappa shape index (κ2) is 3.21. The lowest BCUT2D eigenvalue weighted by molar-refractivity contribution is -0.506. The number of carbonyl (C=O) groups is 1. The second-order valence-corrected chi connectivity index (χ2v) is 3.36. The number of nitro groups is 1. The van der Waals surface area contributed by atoms with Crippen LogP contribution in [0.3, 0.4) is 0 Å². The van der Waals surface area contributed by atoms with E-state index < -0.39 is 11.0 Å². The molecule has 0 amide bonds. The number of rotatable bonds is 1. The van der Waals surface area contributed by atoms with Crippen molar-refractivity contribution in [3.63, 3.8) is 0 Å².